The molecule has 0 aliphatic rings. The lowest BCUT2D eigenvalue weighted by Crippen LogP contribution is -2.02. The molecule has 0 saturated carbocycles. The van der Waals surface area contributed by atoms with Crippen molar-refractivity contribution in [2.45, 2.75) is 26.8 Å². The minimum atomic E-state index is 0.273. The molecule has 0 aliphatic heterocycles. The highest BCUT2D eigenvalue weighted by atomic mass is 16.3. The van der Waals surface area contributed by atoms with E-state index in [0.717, 1.165) is 28.1 Å². The summed E-state index contributed by atoms with van der Waals surface area (Å²) in [5.74, 6) is 1.10. The van der Waals surface area contributed by atoms with Crippen molar-refractivity contribution in [3.05, 3.63) is 30.0 Å². The van der Waals surface area contributed by atoms with Crippen LogP contribution in [0.2, 0.25) is 0 Å². The monoisotopic (exact) mass is 256 g/mol. The number of aromatic hydroxyl groups is 1. The molecule has 98 valence electrons. The maximum Gasteiger partial charge on any atom is 0.176 e. The molecular weight excluding hydrogens is 240 g/mol. The zero-order valence-electron chi connectivity index (χ0n) is 11.2. The molecule has 0 saturated heterocycles. The fraction of sp³-hybridized carbons (Fsp3) is 0.286. The lowest BCUT2D eigenvalue weighted by Gasteiger charge is -2.04. The van der Waals surface area contributed by atoms with E-state index in [0.29, 0.717) is 5.75 Å². The molecule has 0 unspecified atom stereocenters. The first-order valence-electron chi connectivity index (χ1n) is 6.29. The van der Waals surface area contributed by atoms with Crippen LogP contribution in [0.5, 0.6) is 5.75 Å². The van der Waals surface area contributed by atoms with Crippen LogP contribution in [0.15, 0.2) is 24.4 Å². The van der Waals surface area contributed by atoms with Crippen LogP contribution < -0.4 is 0 Å². The first-order chi connectivity index (χ1) is 9.06. The van der Waals surface area contributed by atoms with Gasteiger partial charge in [-0.3, -0.25) is 0 Å². The van der Waals surface area contributed by atoms with Crippen LogP contribution in [0.3, 0.4) is 0 Å². The minimum Gasteiger partial charge on any atom is -0.508 e. The summed E-state index contributed by atoms with van der Waals surface area (Å²) in [4.78, 5) is 7.86. The average molecular weight is 256 g/mol. The van der Waals surface area contributed by atoms with Gasteiger partial charge in [0.2, 0.25) is 0 Å². The Bertz CT molecular complexity index is 739. The van der Waals surface area contributed by atoms with Crippen molar-refractivity contribution in [3.8, 4) is 17.1 Å². The quantitative estimate of drug-likeness (QED) is 0.740. The van der Waals surface area contributed by atoms with Gasteiger partial charge in [-0.25, -0.2) is 9.67 Å². The van der Waals surface area contributed by atoms with Crippen molar-refractivity contribution in [1.29, 1.82) is 0 Å². The van der Waals surface area contributed by atoms with Crippen LogP contribution in [0.25, 0.3) is 22.6 Å². The Morgan fingerprint density at radius 2 is 2.11 bits per heavy atom. The van der Waals surface area contributed by atoms with E-state index in [9.17, 15) is 5.11 Å². The van der Waals surface area contributed by atoms with E-state index < -0.39 is 0 Å². The van der Waals surface area contributed by atoms with Crippen LogP contribution in [-0.2, 0) is 0 Å². The van der Waals surface area contributed by atoms with Gasteiger partial charge < -0.3 is 10.1 Å². The fourth-order valence-electron chi connectivity index (χ4n) is 2.13. The Morgan fingerprint density at radius 1 is 1.32 bits per heavy atom. The van der Waals surface area contributed by atoms with Gasteiger partial charge in [0, 0.05) is 11.6 Å². The molecule has 0 aliphatic carbocycles. The van der Waals surface area contributed by atoms with Crippen LogP contribution in [0.1, 0.15) is 25.5 Å². The number of phenols is 1. The Labute approximate surface area is 110 Å². The lowest BCUT2D eigenvalue weighted by atomic mass is 10.1. The number of phenolic OH excluding ortho intramolecular Hbond substituents is 1. The lowest BCUT2D eigenvalue weighted by molar-refractivity contribution is 0.471. The van der Waals surface area contributed by atoms with Crippen LogP contribution in [-0.4, -0.2) is 24.9 Å². The number of aromatic amines is 1. The molecule has 2 aromatic heterocycles. The summed E-state index contributed by atoms with van der Waals surface area (Å²) in [6.45, 7) is 6.02. The third-order valence-electron chi connectivity index (χ3n) is 3.20. The number of benzene rings is 1. The smallest absolute Gasteiger partial charge is 0.176 e. The van der Waals surface area contributed by atoms with Crippen molar-refractivity contribution >= 4 is 11.2 Å². The van der Waals surface area contributed by atoms with Gasteiger partial charge in [0.15, 0.2) is 5.65 Å². The highest BCUT2D eigenvalue weighted by Gasteiger charge is 2.12. The number of hydrogen-bond acceptors (Lipinski definition) is 3. The Balaban J connectivity index is 2.12. The molecule has 19 heavy (non-hydrogen) atoms. The van der Waals surface area contributed by atoms with Crippen LogP contribution >= 0.6 is 0 Å². The predicted octanol–water partition coefficient (Wildman–Crippen LogP) is 3.02. The number of hydrogen-bond donors (Lipinski definition) is 2. The Morgan fingerprint density at radius 3 is 2.79 bits per heavy atom. The second kappa shape index (κ2) is 4.12. The zero-order valence-corrected chi connectivity index (χ0v) is 11.2. The predicted molar refractivity (Wildman–Crippen MR) is 74.1 cm³/mol. The summed E-state index contributed by atoms with van der Waals surface area (Å²) in [5, 5.41) is 13.9. The first-order valence-corrected chi connectivity index (χ1v) is 6.29. The molecule has 0 radical (unpaired) electrons. The molecule has 3 aromatic rings. The molecule has 2 N–H and O–H groups in total. The SMILES string of the molecule is Cc1cc(-c2nc3c(cnn3C(C)C)[nH]2)ccc1O. The standard InChI is InChI=1S/C14H16N4O/c1-8(2)18-14-11(7-15-18)16-13(17-14)10-4-5-12(19)9(3)6-10/h4-8,19H,1-3H3,(H,16,17). The summed E-state index contributed by atoms with van der Waals surface area (Å²) in [6, 6.07) is 5.73. The first kappa shape index (κ1) is 11.8. The van der Waals surface area contributed by atoms with Crippen molar-refractivity contribution in [3.63, 3.8) is 0 Å². The van der Waals surface area contributed by atoms with Crippen molar-refractivity contribution < 1.29 is 5.11 Å². The molecule has 0 amide bonds. The number of rotatable bonds is 2. The van der Waals surface area contributed by atoms with Crippen molar-refractivity contribution in [2.24, 2.45) is 0 Å². The summed E-state index contributed by atoms with van der Waals surface area (Å²) < 4.78 is 1.89. The van der Waals surface area contributed by atoms with E-state index in [1.165, 1.54) is 0 Å². The van der Waals surface area contributed by atoms with Gasteiger partial charge in [-0.2, -0.15) is 5.10 Å². The van der Waals surface area contributed by atoms with Crippen molar-refractivity contribution in [2.75, 3.05) is 0 Å². The summed E-state index contributed by atoms with van der Waals surface area (Å²) in [6.07, 6.45) is 1.79. The normalized spacial score (nSPS) is 11.6. The van der Waals surface area contributed by atoms with Crippen molar-refractivity contribution in [1.82, 2.24) is 19.7 Å². The topological polar surface area (TPSA) is 66.7 Å². The number of H-pyrrole nitrogens is 1. The average Bonchev–Trinajstić information content (AvgIpc) is 2.91. The second-order valence-corrected chi connectivity index (χ2v) is 5.01. The van der Waals surface area contributed by atoms with E-state index in [1.54, 1.807) is 12.3 Å². The number of aryl methyl sites for hydroxylation is 1. The highest BCUT2D eigenvalue weighted by molar-refractivity contribution is 5.76. The van der Waals surface area contributed by atoms with Gasteiger partial charge in [0.25, 0.3) is 0 Å². The Kier molecular flexibility index (Phi) is 2.55. The molecule has 2 heterocycles. The maximum absolute atomic E-state index is 9.56. The molecule has 0 atom stereocenters. The summed E-state index contributed by atoms with van der Waals surface area (Å²) in [5.41, 5.74) is 3.58. The van der Waals surface area contributed by atoms with Crippen LogP contribution in [0.4, 0.5) is 0 Å². The summed E-state index contributed by atoms with van der Waals surface area (Å²) >= 11 is 0. The van der Waals surface area contributed by atoms with Gasteiger partial charge in [-0.15, -0.1) is 0 Å². The molecule has 0 spiro atoms. The maximum atomic E-state index is 9.56. The minimum absolute atomic E-state index is 0.273. The van der Waals surface area contributed by atoms with Gasteiger partial charge in [-0.1, -0.05) is 0 Å². The third kappa shape index (κ3) is 1.87. The molecular formula is C14H16N4O. The number of fused-ring (bicyclic) bond motifs is 1. The van der Waals surface area contributed by atoms with E-state index in [1.807, 2.05) is 23.7 Å². The van der Waals surface area contributed by atoms with Gasteiger partial charge in [0.05, 0.1) is 6.20 Å². The van der Waals surface area contributed by atoms with Crippen LogP contribution in [0, 0.1) is 6.92 Å². The van der Waals surface area contributed by atoms with E-state index >= 15 is 0 Å². The second-order valence-electron chi connectivity index (χ2n) is 5.01. The molecule has 0 fully saturated rings. The van der Waals surface area contributed by atoms with E-state index in [2.05, 4.69) is 28.9 Å². The van der Waals surface area contributed by atoms with Gasteiger partial charge in [0.1, 0.15) is 17.1 Å². The summed E-state index contributed by atoms with van der Waals surface area (Å²) in [7, 11) is 0. The molecule has 1 aromatic carbocycles. The number of nitrogens with one attached hydrogen (secondary N) is 1. The largest absolute Gasteiger partial charge is 0.508 e. The number of aromatic nitrogens is 4. The zero-order chi connectivity index (χ0) is 13.6. The van der Waals surface area contributed by atoms with Gasteiger partial charge in [-0.05, 0) is 44.5 Å². The van der Waals surface area contributed by atoms with Gasteiger partial charge >= 0.3 is 0 Å². The Hall–Kier alpha value is -2.30. The fourth-order valence-corrected chi connectivity index (χ4v) is 2.13. The van der Waals surface area contributed by atoms with E-state index in [-0.39, 0.29) is 6.04 Å². The third-order valence-corrected chi connectivity index (χ3v) is 3.20. The highest BCUT2D eigenvalue weighted by Crippen LogP contribution is 2.25. The molecule has 0 bridgehead atoms. The number of imidazole rings is 1. The van der Waals surface area contributed by atoms with E-state index in [4.69, 9.17) is 0 Å². The number of nitrogens with zero attached hydrogens (tertiary/aromatic N) is 3. The molecule has 5 nitrogen and oxygen atoms in total. The molecule has 5 heteroatoms. The molecule has 3 rings (SSSR count).